The third kappa shape index (κ3) is 3.81. The molecule has 0 amide bonds. The Morgan fingerprint density at radius 3 is 2.57 bits per heavy atom. The molecule has 9 heteroatoms. The van der Waals surface area contributed by atoms with Gasteiger partial charge in [-0.3, -0.25) is 0 Å². The molecule has 3 aromatic rings. The molecule has 0 spiro atoms. The molecule has 0 aliphatic carbocycles. The van der Waals surface area contributed by atoms with Crippen LogP contribution in [0.1, 0.15) is 21.6 Å². The van der Waals surface area contributed by atoms with Gasteiger partial charge in [0.05, 0.1) is 22.1 Å². The van der Waals surface area contributed by atoms with E-state index in [0.29, 0.717) is 32.4 Å². The fourth-order valence-electron chi connectivity index (χ4n) is 3.07. The first kappa shape index (κ1) is 20.1. The molecule has 0 saturated carbocycles. The molecule has 0 saturated heterocycles. The van der Waals surface area contributed by atoms with Crippen LogP contribution in [0.25, 0.3) is 10.9 Å². The number of hydrogen-bond donors (Lipinski definition) is 4. The van der Waals surface area contributed by atoms with Gasteiger partial charge < -0.3 is 26.2 Å². The van der Waals surface area contributed by atoms with Gasteiger partial charge in [0.15, 0.2) is 5.96 Å². The number of thioether (sulfide) groups is 1. The van der Waals surface area contributed by atoms with Crippen molar-refractivity contribution >= 4 is 50.5 Å². The minimum Gasteiger partial charge on any atom is -0.506 e. The zero-order chi connectivity index (χ0) is 20.4. The number of guanidine groups is 1. The molecule has 28 heavy (non-hydrogen) atoms. The number of carboxylic acid groups (broad SMARTS) is 1. The maximum Gasteiger partial charge on any atom is 0.338 e. The molecular weight excluding hydrogens is 444 g/mol. The lowest BCUT2D eigenvalue weighted by Gasteiger charge is -2.08. The van der Waals surface area contributed by atoms with Crippen molar-refractivity contribution in [3.63, 3.8) is 0 Å². The number of halogens is 1. The number of aryl methyl sites for hydroxylation is 1. The van der Waals surface area contributed by atoms with Crippen LogP contribution in [0.15, 0.2) is 50.8 Å². The molecular formula is C19H19BrN4O3S. The second-order valence-electron chi connectivity index (χ2n) is 6.11. The zero-order valence-corrected chi connectivity index (χ0v) is 17.4. The first-order chi connectivity index (χ1) is 13.3. The Kier molecular flexibility index (Phi) is 5.85. The van der Waals surface area contributed by atoms with Crippen LogP contribution in [0.3, 0.4) is 0 Å². The Balaban J connectivity index is 2.20. The zero-order valence-electron chi connectivity index (χ0n) is 15.0. The molecule has 0 bridgehead atoms. The predicted molar refractivity (Wildman–Crippen MR) is 115 cm³/mol. The van der Waals surface area contributed by atoms with Crippen LogP contribution in [-0.2, 0) is 19.3 Å². The summed E-state index contributed by atoms with van der Waals surface area (Å²) in [5, 5.41) is 20.9. The maximum absolute atomic E-state index is 12.1. The van der Waals surface area contributed by atoms with Crippen LogP contribution in [0.2, 0.25) is 0 Å². The third-order valence-electron chi connectivity index (χ3n) is 4.39. The minimum atomic E-state index is -1.07. The van der Waals surface area contributed by atoms with E-state index in [9.17, 15) is 15.0 Å². The van der Waals surface area contributed by atoms with Gasteiger partial charge in [-0.1, -0.05) is 18.2 Å². The second-order valence-corrected chi connectivity index (χ2v) is 8.01. The lowest BCUT2D eigenvalue weighted by atomic mass is 10.0. The average molecular weight is 463 g/mol. The number of aromatic nitrogens is 1. The number of phenolic OH excluding ortho intramolecular Hbond substituents is 1. The normalized spacial score (nSPS) is 10.9. The minimum absolute atomic E-state index is 0.0281. The summed E-state index contributed by atoms with van der Waals surface area (Å²) < 4.78 is 2.28. The Hall–Kier alpha value is -2.65. The number of aromatic hydroxyl groups is 1. The van der Waals surface area contributed by atoms with Gasteiger partial charge in [-0.25, -0.2) is 9.79 Å². The molecule has 7 nitrogen and oxygen atoms in total. The van der Waals surface area contributed by atoms with Crippen molar-refractivity contribution in [1.82, 2.24) is 4.57 Å². The van der Waals surface area contributed by atoms with E-state index in [4.69, 9.17) is 11.5 Å². The molecule has 0 aliphatic heterocycles. The number of hydrogen-bond acceptors (Lipinski definition) is 4. The van der Waals surface area contributed by atoms with Crippen molar-refractivity contribution in [2.45, 2.75) is 17.2 Å². The van der Waals surface area contributed by atoms with Crippen LogP contribution in [0.5, 0.6) is 5.75 Å². The summed E-state index contributed by atoms with van der Waals surface area (Å²) in [5.41, 5.74) is 12.7. The van der Waals surface area contributed by atoms with Gasteiger partial charge in [-0.2, -0.15) is 0 Å². The number of phenols is 1. The molecule has 0 aliphatic rings. The van der Waals surface area contributed by atoms with Gasteiger partial charge in [0.25, 0.3) is 0 Å². The summed E-state index contributed by atoms with van der Waals surface area (Å²) in [4.78, 5) is 17.1. The van der Waals surface area contributed by atoms with Crippen molar-refractivity contribution in [1.29, 1.82) is 0 Å². The highest BCUT2D eigenvalue weighted by Gasteiger charge is 2.26. The first-order valence-electron chi connectivity index (χ1n) is 8.29. The SMILES string of the molecule is Cn1c(CSc2ccccc2)c(C(=O)O)c2c(CN=C(N)N)c(O)c(Br)cc21. The van der Waals surface area contributed by atoms with E-state index in [1.54, 1.807) is 17.8 Å². The van der Waals surface area contributed by atoms with Crippen molar-refractivity contribution in [3.05, 3.63) is 57.7 Å². The van der Waals surface area contributed by atoms with Gasteiger partial charge in [-0.15, -0.1) is 11.8 Å². The summed E-state index contributed by atoms with van der Waals surface area (Å²) in [6.45, 7) is -0.0281. The van der Waals surface area contributed by atoms with E-state index < -0.39 is 5.97 Å². The summed E-state index contributed by atoms with van der Waals surface area (Å²) in [6.07, 6.45) is 0. The average Bonchev–Trinajstić information content (AvgIpc) is 2.93. The molecule has 146 valence electrons. The van der Waals surface area contributed by atoms with E-state index in [-0.39, 0.29) is 23.8 Å². The molecule has 6 N–H and O–H groups in total. The molecule has 1 heterocycles. The van der Waals surface area contributed by atoms with Gasteiger partial charge in [-0.05, 0) is 34.1 Å². The van der Waals surface area contributed by atoms with E-state index >= 15 is 0 Å². The number of rotatable bonds is 6. The van der Waals surface area contributed by atoms with Gasteiger partial charge in [0.1, 0.15) is 5.75 Å². The lowest BCUT2D eigenvalue weighted by molar-refractivity contribution is 0.0698. The predicted octanol–water partition coefficient (Wildman–Crippen LogP) is 3.41. The lowest BCUT2D eigenvalue weighted by Crippen LogP contribution is -2.22. The van der Waals surface area contributed by atoms with Crippen LogP contribution in [0.4, 0.5) is 0 Å². The van der Waals surface area contributed by atoms with Crippen molar-refractivity contribution in [2.75, 3.05) is 0 Å². The number of nitrogens with two attached hydrogens (primary N) is 2. The van der Waals surface area contributed by atoms with Crippen molar-refractivity contribution < 1.29 is 15.0 Å². The number of aromatic carboxylic acids is 1. The fourth-order valence-corrected chi connectivity index (χ4v) is 4.52. The third-order valence-corrected chi connectivity index (χ3v) is 6.02. The molecule has 0 unspecified atom stereocenters. The number of carbonyl (C=O) groups is 1. The monoisotopic (exact) mass is 462 g/mol. The number of nitrogens with zero attached hydrogens (tertiary/aromatic N) is 2. The first-order valence-corrected chi connectivity index (χ1v) is 10.1. The van der Waals surface area contributed by atoms with Crippen LogP contribution in [0, 0.1) is 0 Å². The Labute approximate surface area is 174 Å². The maximum atomic E-state index is 12.1. The Morgan fingerprint density at radius 1 is 1.29 bits per heavy atom. The fraction of sp³-hybridized carbons (Fsp3) is 0.158. The number of benzene rings is 2. The molecule has 0 atom stereocenters. The molecule has 3 rings (SSSR count). The second kappa shape index (κ2) is 8.15. The van der Waals surface area contributed by atoms with E-state index in [1.807, 2.05) is 41.9 Å². The Bertz CT molecular complexity index is 1080. The van der Waals surface area contributed by atoms with Gasteiger partial charge in [0, 0.05) is 34.3 Å². The number of aliphatic imine (C=N–C) groups is 1. The van der Waals surface area contributed by atoms with E-state index in [0.717, 1.165) is 4.90 Å². The van der Waals surface area contributed by atoms with Gasteiger partial charge >= 0.3 is 5.97 Å². The molecule has 2 aromatic carbocycles. The van der Waals surface area contributed by atoms with Crippen LogP contribution < -0.4 is 11.5 Å². The smallest absolute Gasteiger partial charge is 0.338 e. The summed E-state index contributed by atoms with van der Waals surface area (Å²) in [6, 6.07) is 11.4. The van der Waals surface area contributed by atoms with Crippen LogP contribution in [-0.4, -0.2) is 26.7 Å². The highest BCUT2D eigenvalue weighted by atomic mass is 79.9. The highest BCUT2D eigenvalue weighted by molar-refractivity contribution is 9.10. The quantitative estimate of drug-likeness (QED) is 0.252. The number of fused-ring (bicyclic) bond motifs is 1. The van der Waals surface area contributed by atoms with Crippen molar-refractivity contribution in [2.24, 2.45) is 23.5 Å². The molecule has 0 fully saturated rings. The molecule has 1 aromatic heterocycles. The topological polar surface area (TPSA) is 127 Å². The Morgan fingerprint density at radius 2 is 1.96 bits per heavy atom. The highest BCUT2D eigenvalue weighted by Crippen LogP contribution is 2.40. The standard InChI is InChI=1S/C19H19BrN4O3S/c1-24-13-7-12(20)17(25)11(8-23-19(21)22)15(13)16(18(26)27)14(24)9-28-10-5-3-2-4-6-10/h2-7,25H,8-9H2,1H3,(H,26,27)(H4,21,22,23). The largest absolute Gasteiger partial charge is 0.506 e. The summed E-state index contributed by atoms with van der Waals surface area (Å²) >= 11 is 4.87. The number of carboxylic acids is 1. The van der Waals surface area contributed by atoms with Crippen LogP contribution >= 0.6 is 27.7 Å². The summed E-state index contributed by atoms with van der Waals surface area (Å²) in [7, 11) is 1.81. The molecule has 0 radical (unpaired) electrons. The van der Waals surface area contributed by atoms with E-state index in [2.05, 4.69) is 20.9 Å². The van der Waals surface area contributed by atoms with E-state index in [1.165, 1.54) is 0 Å². The van der Waals surface area contributed by atoms with Gasteiger partial charge in [0.2, 0.25) is 0 Å². The van der Waals surface area contributed by atoms with Crippen molar-refractivity contribution in [3.8, 4) is 5.75 Å². The summed E-state index contributed by atoms with van der Waals surface area (Å²) in [5.74, 6) is -0.827.